The summed E-state index contributed by atoms with van der Waals surface area (Å²) in [6, 6.07) is 21.6. The Morgan fingerprint density at radius 1 is 1.04 bits per heavy atom. The summed E-state index contributed by atoms with van der Waals surface area (Å²) in [5.41, 5.74) is 2.13. The van der Waals surface area contributed by atoms with Gasteiger partial charge in [0.15, 0.2) is 0 Å². The molecule has 5 heteroatoms. The maximum atomic E-state index is 12.5. The minimum atomic E-state index is -0.132. The molecule has 0 unspecified atom stereocenters. The lowest BCUT2D eigenvalue weighted by Crippen LogP contribution is -2.37. The fourth-order valence-corrected chi connectivity index (χ4v) is 3.77. The first kappa shape index (κ1) is 18.6. The first-order chi connectivity index (χ1) is 12.6. The molecule has 1 aromatic heterocycles. The van der Waals surface area contributed by atoms with Crippen LogP contribution in [0.15, 0.2) is 72.1 Å². The van der Waals surface area contributed by atoms with Crippen LogP contribution in [0.5, 0.6) is 0 Å². The summed E-state index contributed by atoms with van der Waals surface area (Å²) < 4.78 is 0. The van der Waals surface area contributed by atoms with E-state index in [-0.39, 0.29) is 24.5 Å². The van der Waals surface area contributed by atoms with Gasteiger partial charge in [-0.25, -0.2) is 0 Å². The number of hydrogen-bond acceptors (Lipinski definition) is 3. The van der Waals surface area contributed by atoms with Crippen molar-refractivity contribution in [2.75, 3.05) is 6.54 Å². The molecule has 0 saturated heterocycles. The van der Waals surface area contributed by atoms with Crippen molar-refractivity contribution >= 4 is 28.8 Å². The van der Waals surface area contributed by atoms with Crippen LogP contribution in [-0.4, -0.2) is 12.5 Å². The Kier molecular flexibility index (Phi) is 6.45. The topological polar surface area (TPSA) is 41.1 Å². The van der Waals surface area contributed by atoms with Crippen molar-refractivity contribution in [2.24, 2.45) is 0 Å². The molecule has 0 aliphatic carbocycles. The normalized spacial score (nSPS) is 13.2. The first-order valence-corrected chi connectivity index (χ1v) is 9.76. The average molecular weight is 385 g/mol. The minimum absolute atomic E-state index is 0.0383. The van der Waals surface area contributed by atoms with E-state index in [0.717, 1.165) is 16.0 Å². The van der Waals surface area contributed by atoms with Crippen molar-refractivity contribution in [3.8, 4) is 0 Å². The molecule has 3 aromatic rings. The lowest BCUT2D eigenvalue weighted by Gasteiger charge is -2.20. The van der Waals surface area contributed by atoms with Gasteiger partial charge in [-0.1, -0.05) is 60.1 Å². The van der Waals surface area contributed by atoms with Gasteiger partial charge in [0.2, 0.25) is 5.91 Å². The minimum Gasteiger partial charge on any atom is -0.343 e. The van der Waals surface area contributed by atoms with Crippen LogP contribution in [0.4, 0.5) is 0 Å². The molecule has 1 heterocycles. The van der Waals surface area contributed by atoms with E-state index >= 15 is 0 Å². The Morgan fingerprint density at radius 2 is 1.81 bits per heavy atom. The van der Waals surface area contributed by atoms with Gasteiger partial charge in [0, 0.05) is 15.9 Å². The van der Waals surface area contributed by atoms with Crippen molar-refractivity contribution in [3.05, 3.63) is 93.1 Å². The quantitative estimate of drug-likeness (QED) is 0.604. The molecule has 2 atom stereocenters. The fourth-order valence-electron chi connectivity index (χ4n) is 2.77. The zero-order valence-electron chi connectivity index (χ0n) is 14.5. The molecule has 1 amide bonds. The third-order valence-corrected chi connectivity index (χ3v) is 5.36. The van der Waals surface area contributed by atoms with E-state index in [9.17, 15) is 4.79 Å². The summed E-state index contributed by atoms with van der Waals surface area (Å²) >= 11 is 7.68. The van der Waals surface area contributed by atoms with E-state index in [0.29, 0.717) is 5.02 Å². The fraction of sp³-hybridized carbons (Fsp3) is 0.190. The molecule has 2 aromatic carbocycles. The van der Waals surface area contributed by atoms with Gasteiger partial charge in [-0.2, -0.15) is 0 Å². The molecule has 3 rings (SSSR count). The highest BCUT2D eigenvalue weighted by atomic mass is 35.5. The van der Waals surface area contributed by atoms with Gasteiger partial charge >= 0.3 is 0 Å². The highest BCUT2D eigenvalue weighted by Crippen LogP contribution is 2.25. The predicted molar refractivity (Wildman–Crippen MR) is 109 cm³/mol. The molecule has 0 spiro atoms. The Bertz CT molecular complexity index is 836. The van der Waals surface area contributed by atoms with E-state index in [2.05, 4.69) is 10.6 Å². The molecule has 3 nitrogen and oxygen atoms in total. The number of benzene rings is 2. The molecule has 0 bridgehead atoms. The Labute approximate surface area is 163 Å². The van der Waals surface area contributed by atoms with Crippen LogP contribution in [0.2, 0.25) is 5.02 Å². The Balaban J connectivity index is 1.63. The lowest BCUT2D eigenvalue weighted by molar-refractivity contribution is -0.120. The number of rotatable bonds is 7. The highest BCUT2D eigenvalue weighted by molar-refractivity contribution is 7.10. The van der Waals surface area contributed by atoms with E-state index in [1.807, 2.05) is 79.0 Å². The number of amides is 1. The molecule has 0 fully saturated rings. The third-order valence-electron chi connectivity index (χ3n) is 4.18. The summed E-state index contributed by atoms with van der Waals surface area (Å²) in [7, 11) is 0. The van der Waals surface area contributed by atoms with Gasteiger partial charge in [-0.05, 0) is 41.6 Å². The molecule has 0 aliphatic heterocycles. The van der Waals surface area contributed by atoms with E-state index in [4.69, 9.17) is 11.6 Å². The van der Waals surface area contributed by atoms with Crippen LogP contribution in [0.25, 0.3) is 0 Å². The summed E-state index contributed by atoms with van der Waals surface area (Å²) in [6.45, 7) is 2.26. The summed E-state index contributed by atoms with van der Waals surface area (Å²) in [6.07, 6.45) is 0. The molecule has 0 saturated carbocycles. The summed E-state index contributed by atoms with van der Waals surface area (Å²) in [5, 5.41) is 9.12. The number of carbonyl (C=O) groups is 1. The number of nitrogens with one attached hydrogen (secondary N) is 2. The van der Waals surface area contributed by atoms with E-state index in [1.165, 1.54) is 0 Å². The van der Waals surface area contributed by atoms with Crippen LogP contribution in [-0.2, 0) is 4.79 Å². The maximum Gasteiger partial charge on any atom is 0.234 e. The SMILES string of the molecule is C[C@H](NCC(=O)N[C@H](c1ccccc1)c1cccs1)c1cccc(Cl)c1. The Morgan fingerprint density at radius 3 is 2.50 bits per heavy atom. The number of halogens is 1. The van der Waals surface area contributed by atoms with Crippen LogP contribution < -0.4 is 10.6 Å². The second-order valence-electron chi connectivity index (χ2n) is 6.08. The zero-order chi connectivity index (χ0) is 18.4. The van der Waals surface area contributed by atoms with Gasteiger partial charge in [0.1, 0.15) is 0 Å². The second-order valence-corrected chi connectivity index (χ2v) is 7.50. The standard InChI is InChI=1S/C21H21ClN2OS/c1-15(17-9-5-10-18(22)13-17)23-14-20(25)24-21(19-11-6-12-26-19)16-7-3-2-4-8-16/h2-13,15,21,23H,14H2,1H3,(H,24,25)/t15-,21+/m0/s1. The van der Waals surface area contributed by atoms with Crippen molar-refractivity contribution in [1.82, 2.24) is 10.6 Å². The van der Waals surface area contributed by atoms with Crippen LogP contribution >= 0.6 is 22.9 Å². The third kappa shape index (κ3) is 4.94. The van der Waals surface area contributed by atoms with Crippen molar-refractivity contribution in [1.29, 1.82) is 0 Å². The van der Waals surface area contributed by atoms with Crippen molar-refractivity contribution in [3.63, 3.8) is 0 Å². The van der Waals surface area contributed by atoms with Gasteiger partial charge in [-0.3, -0.25) is 4.79 Å². The second kappa shape index (κ2) is 8.99. The molecular weight excluding hydrogens is 364 g/mol. The van der Waals surface area contributed by atoms with Gasteiger partial charge in [-0.15, -0.1) is 11.3 Å². The van der Waals surface area contributed by atoms with Crippen molar-refractivity contribution < 1.29 is 4.79 Å². The molecular formula is C21H21ClN2OS. The van der Waals surface area contributed by atoms with Crippen LogP contribution in [0.1, 0.15) is 35.0 Å². The number of carbonyl (C=O) groups excluding carboxylic acids is 1. The number of hydrogen-bond donors (Lipinski definition) is 2. The zero-order valence-corrected chi connectivity index (χ0v) is 16.1. The van der Waals surface area contributed by atoms with Crippen molar-refractivity contribution in [2.45, 2.75) is 19.0 Å². The monoisotopic (exact) mass is 384 g/mol. The van der Waals surface area contributed by atoms with Crippen LogP contribution in [0, 0.1) is 0 Å². The molecule has 0 radical (unpaired) electrons. The predicted octanol–water partition coefficient (Wildman–Crippen LogP) is 4.96. The van der Waals surface area contributed by atoms with E-state index < -0.39 is 0 Å². The largest absolute Gasteiger partial charge is 0.343 e. The molecule has 0 aliphatic rings. The van der Waals surface area contributed by atoms with Gasteiger partial charge in [0.25, 0.3) is 0 Å². The summed E-state index contributed by atoms with van der Waals surface area (Å²) in [5.74, 6) is -0.0406. The van der Waals surface area contributed by atoms with Crippen LogP contribution in [0.3, 0.4) is 0 Å². The number of thiophene rings is 1. The molecule has 134 valence electrons. The summed E-state index contributed by atoms with van der Waals surface area (Å²) in [4.78, 5) is 13.6. The molecule has 26 heavy (non-hydrogen) atoms. The van der Waals surface area contributed by atoms with Gasteiger partial charge in [0.05, 0.1) is 12.6 Å². The highest BCUT2D eigenvalue weighted by Gasteiger charge is 2.18. The maximum absolute atomic E-state index is 12.5. The first-order valence-electron chi connectivity index (χ1n) is 8.50. The van der Waals surface area contributed by atoms with E-state index in [1.54, 1.807) is 11.3 Å². The molecule has 2 N–H and O–H groups in total. The Hall–Kier alpha value is -2.14. The average Bonchev–Trinajstić information content (AvgIpc) is 3.19. The smallest absolute Gasteiger partial charge is 0.234 e. The van der Waals surface area contributed by atoms with Gasteiger partial charge < -0.3 is 10.6 Å². The lowest BCUT2D eigenvalue weighted by atomic mass is 10.1.